The maximum Gasteiger partial charge on any atom is 0.126 e. The lowest BCUT2D eigenvalue weighted by Gasteiger charge is -2.14. The van der Waals surface area contributed by atoms with Crippen LogP contribution in [0.3, 0.4) is 0 Å². The summed E-state index contributed by atoms with van der Waals surface area (Å²) in [5, 5.41) is 10.4. The van der Waals surface area contributed by atoms with Crippen molar-refractivity contribution < 1.29 is 9.84 Å². The van der Waals surface area contributed by atoms with Crippen LogP contribution < -0.4 is 4.74 Å². The molecule has 1 unspecified atom stereocenters. The molecular weight excluding hydrogens is 448 g/mol. The number of benzene rings is 1. The van der Waals surface area contributed by atoms with Gasteiger partial charge in [0.2, 0.25) is 0 Å². The van der Waals surface area contributed by atoms with E-state index in [9.17, 15) is 5.11 Å². The molecule has 0 bridgehead atoms. The molecule has 2 rings (SSSR count). The Labute approximate surface area is 134 Å². The molecule has 1 heterocycles. The van der Waals surface area contributed by atoms with Crippen molar-refractivity contribution in [2.24, 2.45) is 0 Å². The van der Waals surface area contributed by atoms with E-state index in [0.717, 1.165) is 23.2 Å². The van der Waals surface area contributed by atoms with Crippen LogP contribution in [0.1, 0.15) is 17.2 Å². The number of thiophene rings is 1. The Bertz CT molecular complexity index is 568. The zero-order valence-electron chi connectivity index (χ0n) is 9.28. The molecule has 96 valence electrons. The molecule has 0 aliphatic rings. The van der Waals surface area contributed by atoms with Gasteiger partial charge in [0.05, 0.1) is 14.7 Å². The molecule has 0 saturated carbocycles. The summed E-state index contributed by atoms with van der Waals surface area (Å²) in [6, 6.07) is 7.48. The largest absolute Gasteiger partial charge is 0.496 e. The molecule has 2 nitrogen and oxygen atoms in total. The van der Waals surface area contributed by atoms with Crippen molar-refractivity contribution in [2.75, 3.05) is 7.11 Å². The van der Waals surface area contributed by atoms with Gasteiger partial charge in [0.1, 0.15) is 11.9 Å². The SMILES string of the molecule is COc1cc(Br)ccc1C(O)c1cc(Br)sc1Br. The average molecular weight is 457 g/mol. The summed E-state index contributed by atoms with van der Waals surface area (Å²) in [6.07, 6.45) is -0.718. The summed E-state index contributed by atoms with van der Waals surface area (Å²) in [5.41, 5.74) is 1.57. The van der Waals surface area contributed by atoms with Gasteiger partial charge in [-0.2, -0.15) is 0 Å². The van der Waals surface area contributed by atoms with Crippen LogP contribution in [0.25, 0.3) is 0 Å². The van der Waals surface area contributed by atoms with Crippen molar-refractivity contribution in [1.29, 1.82) is 0 Å². The van der Waals surface area contributed by atoms with Gasteiger partial charge < -0.3 is 9.84 Å². The van der Waals surface area contributed by atoms with Crippen LogP contribution in [0.4, 0.5) is 0 Å². The summed E-state index contributed by atoms with van der Waals surface area (Å²) in [6.45, 7) is 0. The minimum Gasteiger partial charge on any atom is -0.496 e. The predicted octanol–water partition coefficient (Wildman–Crippen LogP) is 5.13. The van der Waals surface area contributed by atoms with Gasteiger partial charge in [-0.25, -0.2) is 0 Å². The Hall–Kier alpha value is 0.120. The van der Waals surface area contributed by atoms with Gasteiger partial charge in [-0.3, -0.25) is 0 Å². The van der Waals surface area contributed by atoms with Crippen LogP contribution in [0.2, 0.25) is 0 Å². The standard InChI is InChI=1S/C12H9Br3O2S/c1-17-9-4-6(13)2-3-7(9)11(16)8-5-10(14)18-12(8)15/h2-5,11,16H,1H3. The zero-order valence-corrected chi connectivity index (χ0v) is 14.9. The Kier molecular flexibility index (Phi) is 4.88. The van der Waals surface area contributed by atoms with Crippen LogP contribution in [0, 0.1) is 0 Å². The monoisotopic (exact) mass is 454 g/mol. The molecular formula is C12H9Br3O2S. The van der Waals surface area contributed by atoms with E-state index < -0.39 is 6.10 Å². The molecule has 6 heteroatoms. The number of ether oxygens (including phenoxy) is 1. The fourth-order valence-electron chi connectivity index (χ4n) is 1.62. The first-order valence-corrected chi connectivity index (χ1v) is 8.18. The predicted molar refractivity (Wildman–Crippen MR) is 84.5 cm³/mol. The minimum atomic E-state index is -0.718. The summed E-state index contributed by atoms with van der Waals surface area (Å²) in [4.78, 5) is 0. The summed E-state index contributed by atoms with van der Waals surface area (Å²) in [5.74, 6) is 0.658. The van der Waals surface area contributed by atoms with E-state index in [4.69, 9.17) is 4.74 Å². The first kappa shape index (κ1) is 14.5. The third-order valence-electron chi connectivity index (χ3n) is 2.47. The zero-order chi connectivity index (χ0) is 13.3. The van der Waals surface area contributed by atoms with Gasteiger partial charge in [0, 0.05) is 15.6 Å². The first-order chi connectivity index (χ1) is 8.52. The maximum atomic E-state index is 10.4. The lowest BCUT2D eigenvalue weighted by Crippen LogP contribution is -2.01. The van der Waals surface area contributed by atoms with Gasteiger partial charge in [-0.15, -0.1) is 11.3 Å². The van der Waals surface area contributed by atoms with Crippen LogP contribution in [0.5, 0.6) is 5.75 Å². The first-order valence-electron chi connectivity index (χ1n) is 4.99. The van der Waals surface area contributed by atoms with Gasteiger partial charge in [0.25, 0.3) is 0 Å². The Morgan fingerprint density at radius 1 is 1.17 bits per heavy atom. The Morgan fingerprint density at radius 3 is 2.44 bits per heavy atom. The van der Waals surface area contributed by atoms with E-state index in [1.165, 1.54) is 11.3 Å². The topological polar surface area (TPSA) is 29.5 Å². The van der Waals surface area contributed by atoms with Crippen molar-refractivity contribution in [3.63, 3.8) is 0 Å². The number of aliphatic hydroxyl groups is 1. The number of halogens is 3. The van der Waals surface area contributed by atoms with Crippen molar-refractivity contribution in [2.45, 2.75) is 6.10 Å². The van der Waals surface area contributed by atoms with Gasteiger partial charge >= 0.3 is 0 Å². The smallest absolute Gasteiger partial charge is 0.126 e. The van der Waals surface area contributed by atoms with Crippen LogP contribution in [-0.2, 0) is 0 Å². The Balaban J connectivity index is 2.45. The summed E-state index contributed by atoms with van der Waals surface area (Å²) in [7, 11) is 1.59. The van der Waals surface area contributed by atoms with Crippen LogP contribution >= 0.6 is 59.1 Å². The Morgan fingerprint density at radius 2 is 1.89 bits per heavy atom. The van der Waals surface area contributed by atoms with Crippen LogP contribution in [-0.4, -0.2) is 12.2 Å². The molecule has 18 heavy (non-hydrogen) atoms. The van der Waals surface area contributed by atoms with E-state index in [0.29, 0.717) is 5.75 Å². The average Bonchev–Trinajstić information content (AvgIpc) is 2.67. The molecule has 1 N–H and O–H groups in total. The second-order valence-corrected chi connectivity index (χ2v) is 8.23. The third kappa shape index (κ3) is 2.99. The molecule has 0 spiro atoms. The normalized spacial score (nSPS) is 12.5. The van der Waals surface area contributed by atoms with E-state index in [-0.39, 0.29) is 0 Å². The fourth-order valence-corrected chi connectivity index (χ4v) is 4.84. The van der Waals surface area contributed by atoms with E-state index in [2.05, 4.69) is 47.8 Å². The minimum absolute atomic E-state index is 0.658. The number of methoxy groups -OCH3 is 1. The van der Waals surface area contributed by atoms with Gasteiger partial charge in [-0.1, -0.05) is 22.0 Å². The molecule has 0 amide bonds. The van der Waals surface area contributed by atoms with Gasteiger partial charge in [0.15, 0.2) is 0 Å². The molecule has 1 aromatic carbocycles. The molecule has 0 saturated heterocycles. The highest BCUT2D eigenvalue weighted by atomic mass is 79.9. The highest BCUT2D eigenvalue weighted by Gasteiger charge is 2.20. The second-order valence-electron chi connectivity index (χ2n) is 3.57. The third-order valence-corrected chi connectivity index (χ3v) is 5.35. The molecule has 0 aliphatic carbocycles. The number of aliphatic hydroxyl groups excluding tert-OH is 1. The number of hydrogen-bond acceptors (Lipinski definition) is 3. The van der Waals surface area contributed by atoms with E-state index >= 15 is 0 Å². The van der Waals surface area contributed by atoms with Crippen LogP contribution in [0.15, 0.2) is 36.3 Å². The molecule has 2 aromatic rings. The molecule has 1 aromatic heterocycles. The van der Waals surface area contributed by atoms with Crippen molar-refractivity contribution >= 4 is 59.1 Å². The molecule has 0 fully saturated rings. The maximum absolute atomic E-state index is 10.4. The lowest BCUT2D eigenvalue weighted by atomic mass is 10.0. The second kappa shape index (κ2) is 6.05. The van der Waals surface area contributed by atoms with Crippen molar-refractivity contribution in [1.82, 2.24) is 0 Å². The molecule has 1 atom stereocenters. The lowest BCUT2D eigenvalue weighted by molar-refractivity contribution is 0.214. The van der Waals surface area contributed by atoms with Crippen molar-refractivity contribution in [3.05, 3.63) is 47.4 Å². The van der Waals surface area contributed by atoms with Crippen molar-refractivity contribution in [3.8, 4) is 5.75 Å². The molecule has 0 radical (unpaired) electrons. The highest BCUT2D eigenvalue weighted by Crippen LogP contribution is 2.40. The quantitative estimate of drug-likeness (QED) is 0.694. The summed E-state index contributed by atoms with van der Waals surface area (Å²) < 4.78 is 8.10. The summed E-state index contributed by atoms with van der Waals surface area (Å²) >= 11 is 11.8. The van der Waals surface area contributed by atoms with E-state index in [1.807, 2.05) is 24.3 Å². The fraction of sp³-hybridized carbons (Fsp3) is 0.167. The van der Waals surface area contributed by atoms with Gasteiger partial charge in [-0.05, 0) is 50.1 Å². The van der Waals surface area contributed by atoms with E-state index in [1.54, 1.807) is 7.11 Å². The molecule has 0 aliphatic heterocycles. The number of hydrogen-bond donors (Lipinski definition) is 1. The number of rotatable bonds is 3. The highest BCUT2D eigenvalue weighted by molar-refractivity contribution is 9.12.